The monoisotopic (exact) mass is 272 g/mol. The third kappa shape index (κ3) is 2.53. The molecule has 1 aliphatic heterocycles. The van der Waals surface area contributed by atoms with E-state index in [0.29, 0.717) is 18.8 Å². The summed E-state index contributed by atoms with van der Waals surface area (Å²) in [7, 11) is 0. The van der Waals surface area contributed by atoms with Gasteiger partial charge in [-0.3, -0.25) is 0 Å². The van der Waals surface area contributed by atoms with E-state index in [1.54, 1.807) is 0 Å². The fraction of sp³-hybridized carbons (Fsp3) is 0.462. The summed E-state index contributed by atoms with van der Waals surface area (Å²) in [5, 5.41) is 9.68. The number of aliphatic hydroxyl groups excluding tert-OH is 1. The van der Waals surface area contributed by atoms with Crippen LogP contribution in [0.5, 0.6) is 5.75 Å². The molecular weight excluding hydrogens is 258 g/mol. The van der Waals surface area contributed by atoms with E-state index in [0.717, 1.165) is 5.56 Å². The molecule has 0 saturated carbocycles. The van der Waals surface area contributed by atoms with Crippen LogP contribution >= 0.6 is 0 Å². The maximum atomic E-state index is 13.7. The molecule has 1 heterocycles. The molecule has 0 aliphatic carbocycles. The largest absolute Gasteiger partial charge is 0.493 e. The van der Waals surface area contributed by atoms with Crippen LogP contribution in [0, 0.1) is 0 Å². The second-order valence-electron chi connectivity index (χ2n) is 4.21. The molecule has 19 heavy (non-hydrogen) atoms. The van der Waals surface area contributed by atoms with Gasteiger partial charge in [-0.15, -0.1) is 0 Å². The average Bonchev–Trinajstić information content (AvgIpc) is 2.85. The summed E-state index contributed by atoms with van der Waals surface area (Å²) in [5.74, 6) is -5.07. The number of halogens is 2. The summed E-state index contributed by atoms with van der Waals surface area (Å²) >= 11 is 0. The number of benzene rings is 1. The van der Waals surface area contributed by atoms with Crippen molar-refractivity contribution in [1.82, 2.24) is 0 Å². The van der Waals surface area contributed by atoms with Gasteiger partial charge >= 0.3 is 11.9 Å². The fourth-order valence-corrected chi connectivity index (χ4v) is 1.92. The van der Waals surface area contributed by atoms with Crippen molar-refractivity contribution >= 4 is 5.97 Å². The Bertz CT molecular complexity index is 488. The number of hydrogen-bond donors (Lipinski definition) is 1. The SMILES string of the molecule is CCOC(=O)C(F)(F)C(O)c1ccc2c(c1)CCO2. The Kier molecular flexibility index (Phi) is 3.71. The normalized spacial score (nSPS) is 15.6. The van der Waals surface area contributed by atoms with E-state index in [-0.39, 0.29) is 12.2 Å². The lowest BCUT2D eigenvalue weighted by Gasteiger charge is -2.21. The van der Waals surface area contributed by atoms with E-state index < -0.39 is 18.0 Å². The van der Waals surface area contributed by atoms with Gasteiger partial charge in [-0.2, -0.15) is 8.78 Å². The Morgan fingerprint density at radius 3 is 3.00 bits per heavy atom. The van der Waals surface area contributed by atoms with Gasteiger partial charge in [0.25, 0.3) is 0 Å². The van der Waals surface area contributed by atoms with Gasteiger partial charge in [0.15, 0.2) is 6.10 Å². The third-order valence-corrected chi connectivity index (χ3v) is 2.92. The highest BCUT2D eigenvalue weighted by molar-refractivity contribution is 5.78. The van der Waals surface area contributed by atoms with Crippen LogP contribution in [0.1, 0.15) is 24.2 Å². The molecule has 1 aromatic rings. The topological polar surface area (TPSA) is 55.8 Å². The van der Waals surface area contributed by atoms with Crippen molar-refractivity contribution in [2.24, 2.45) is 0 Å². The van der Waals surface area contributed by atoms with Crippen molar-refractivity contribution in [3.05, 3.63) is 29.3 Å². The van der Waals surface area contributed by atoms with E-state index >= 15 is 0 Å². The Morgan fingerprint density at radius 2 is 2.32 bits per heavy atom. The first kappa shape index (κ1) is 13.7. The minimum atomic E-state index is -3.97. The van der Waals surface area contributed by atoms with Crippen LogP contribution in [0.2, 0.25) is 0 Å². The minimum Gasteiger partial charge on any atom is -0.493 e. The molecule has 1 atom stereocenters. The molecule has 1 N–H and O–H groups in total. The van der Waals surface area contributed by atoms with Crippen molar-refractivity contribution in [2.75, 3.05) is 13.2 Å². The van der Waals surface area contributed by atoms with Gasteiger partial charge in [0.2, 0.25) is 0 Å². The van der Waals surface area contributed by atoms with Crippen molar-refractivity contribution in [3.63, 3.8) is 0 Å². The van der Waals surface area contributed by atoms with E-state index in [2.05, 4.69) is 4.74 Å². The van der Waals surface area contributed by atoms with Crippen molar-refractivity contribution in [1.29, 1.82) is 0 Å². The van der Waals surface area contributed by atoms with Gasteiger partial charge < -0.3 is 14.6 Å². The predicted octanol–water partition coefficient (Wildman–Crippen LogP) is 1.85. The smallest absolute Gasteiger partial charge is 0.380 e. The molecule has 104 valence electrons. The molecule has 4 nitrogen and oxygen atoms in total. The zero-order chi connectivity index (χ0) is 14.0. The average molecular weight is 272 g/mol. The van der Waals surface area contributed by atoms with Crippen molar-refractivity contribution in [3.8, 4) is 5.75 Å². The number of alkyl halides is 2. The van der Waals surface area contributed by atoms with Gasteiger partial charge in [0, 0.05) is 6.42 Å². The van der Waals surface area contributed by atoms with Gasteiger partial charge in [-0.1, -0.05) is 6.07 Å². The molecular formula is C13H14F2O4. The molecule has 2 rings (SSSR count). The van der Waals surface area contributed by atoms with Gasteiger partial charge in [0.05, 0.1) is 13.2 Å². The van der Waals surface area contributed by atoms with Crippen LogP contribution in [0.3, 0.4) is 0 Å². The molecule has 0 radical (unpaired) electrons. The highest BCUT2D eigenvalue weighted by Crippen LogP contribution is 2.35. The second-order valence-corrected chi connectivity index (χ2v) is 4.21. The molecule has 0 spiro atoms. The Morgan fingerprint density at radius 1 is 1.58 bits per heavy atom. The van der Waals surface area contributed by atoms with Gasteiger partial charge in [0.1, 0.15) is 5.75 Å². The zero-order valence-electron chi connectivity index (χ0n) is 10.4. The first-order valence-corrected chi connectivity index (χ1v) is 5.95. The number of ether oxygens (including phenoxy) is 2. The minimum absolute atomic E-state index is 0.0256. The predicted molar refractivity (Wildman–Crippen MR) is 62.2 cm³/mol. The lowest BCUT2D eigenvalue weighted by atomic mass is 10.0. The first-order chi connectivity index (χ1) is 8.96. The maximum absolute atomic E-state index is 13.7. The van der Waals surface area contributed by atoms with Gasteiger partial charge in [-0.25, -0.2) is 4.79 Å². The quantitative estimate of drug-likeness (QED) is 0.850. The summed E-state index contributed by atoms with van der Waals surface area (Å²) in [6, 6.07) is 4.27. The maximum Gasteiger partial charge on any atom is 0.380 e. The molecule has 0 aromatic heterocycles. The molecule has 1 aliphatic rings. The van der Waals surface area contributed by atoms with E-state index in [1.807, 2.05) is 0 Å². The molecule has 0 amide bonds. The number of hydrogen-bond acceptors (Lipinski definition) is 4. The Hall–Kier alpha value is -1.69. The molecule has 0 fully saturated rings. The zero-order valence-corrected chi connectivity index (χ0v) is 10.4. The van der Waals surface area contributed by atoms with Crippen LogP contribution in [-0.2, 0) is 16.0 Å². The summed E-state index contributed by atoms with van der Waals surface area (Å²) in [4.78, 5) is 11.2. The summed E-state index contributed by atoms with van der Waals surface area (Å²) in [6.07, 6.45) is -1.63. The fourth-order valence-electron chi connectivity index (χ4n) is 1.92. The highest BCUT2D eigenvalue weighted by Gasteiger charge is 2.49. The lowest BCUT2D eigenvalue weighted by molar-refractivity contribution is -0.189. The second kappa shape index (κ2) is 5.13. The number of aliphatic hydroxyl groups is 1. The first-order valence-electron chi connectivity index (χ1n) is 5.95. The molecule has 0 bridgehead atoms. The molecule has 1 unspecified atom stereocenters. The Labute approximate surface area is 108 Å². The molecule has 0 saturated heterocycles. The highest BCUT2D eigenvalue weighted by atomic mass is 19.3. The van der Waals surface area contributed by atoms with Crippen molar-refractivity contribution in [2.45, 2.75) is 25.4 Å². The van der Waals surface area contributed by atoms with Gasteiger partial charge in [-0.05, 0) is 30.2 Å². The van der Waals surface area contributed by atoms with Crippen LogP contribution in [0.15, 0.2) is 18.2 Å². The number of carbonyl (C=O) groups excluding carboxylic acids is 1. The number of rotatable bonds is 4. The van der Waals surface area contributed by atoms with E-state index in [1.165, 1.54) is 25.1 Å². The van der Waals surface area contributed by atoms with Crippen LogP contribution in [-0.4, -0.2) is 30.2 Å². The van der Waals surface area contributed by atoms with Crippen LogP contribution in [0.4, 0.5) is 8.78 Å². The summed E-state index contributed by atoms with van der Waals surface area (Å²) in [5.41, 5.74) is 0.721. The molecule has 6 heteroatoms. The van der Waals surface area contributed by atoms with Crippen LogP contribution < -0.4 is 4.74 Å². The third-order valence-electron chi connectivity index (χ3n) is 2.92. The van der Waals surface area contributed by atoms with Crippen molar-refractivity contribution < 1.29 is 28.2 Å². The van der Waals surface area contributed by atoms with E-state index in [4.69, 9.17) is 4.74 Å². The standard InChI is InChI=1S/C13H14F2O4/c1-2-18-12(17)13(14,15)11(16)9-3-4-10-8(7-9)5-6-19-10/h3-4,7,11,16H,2,5-6H2,1H3. The number of fused-ring (bicyclic) bond motifs is 1. The number of carbonyl (C=O) groups is 1. The lowest BCUT2D eigenvalue weighted by Crippen LogP contribution is -2.37. The Balaban J connectivity index is 2.23. The van der Waals surface area contributed by atoms with Crippen LogP contribution in [0.25, 0.3) is 0 Å². The summed E-state index contributed by atoms with van der Waals surface area (Å²) in [6.45, 7) is 1.75. The summed E-state index contributed by atoms with van der Waals surface area (Å²) < 4.78 is 36.9. The van der Waals surface area contributed by atoms with E-state index in [9.17, 15) is 18.7 Å². The molecule has 1 aromatic carbocycles. The number of esters is 1.